The fourth-order valence-electron chi connectivity index (χ4n) is 4.31. The van der Waals surface area contributed by atoms with E-state index >= 15 is 0 Å². The van der Waals surface area contributed by atoms with Crippen LogP contribution in [-0.4, -0.2) is 27.3 Å². The molecular weight excluding hydrogens is 519 g/mol. The molecule has 2 amide bonds. The van der Waals surface area contributed by atoms with Crippen LogP contribution in [0.4, 0.5) is 18.9 Å². The van der Waals surface area contributed by atoms with Crippen LogP contribution in [0.25, 0.3) is 10.9 Å². The number of fused-ring (bicyclic) bond motifs is 1. The molecule has 0 atom stereocenters. The van der Waals surface area contributed by atoms with Crippen molar-refractivity contribution >= 4 is 40.0 Å². The van der Waals surface area contributed by atoms with Crippen molar-refractivity contribution in [1.82, 2.24) is 15.3 Å². The Hall–Kier alpha value is -4.36. The minimum Gasteiger partial charge on any atom is -0.345 e. The van der Waals surface area contributed by atoms with E-state index in [1.807, 2.05) is 30.3 Å². The Kier molecular flexibility index (Phi) is 6.33. The third-order valence-electron chi connectivity index (χ3n) is 6.38. The second kappa shape index (κ2) is 9.50. The maximum Gasteiger partial charge on any atom is 0.417 e. The van der Waals surface area contributed by atoms with Crippen molar-refractivity contribution in [3.8, 4) is 6.07 Å². The van der Waals surface area contributed by atoms with Gasteiger partial charge in [0.2, 0.25) is 0 Å². The number of pyridine rings is 1. The number of carbonyl (C=O) groups is 2. The van der Waals surface area contributed by atoms with E-state index in [-0.39, 0.29) is 30.6 Å². The highest BCUT2D eigenvalue weighted by Crippen LogP contribution is 2.42. The maximum absolute atomic E-state index is 14.1. The summed E-state index contributed by atoms with van der Waals surface area (Å²) in [6, 6.07) is 16.9. The molecule has 2 aromatic carbocycles. The molecule has 4 aromatic rings. The topological polar surface area (TPSA) is 102 Å². The number of hydrogen-bond donors (Lipinski definition) is 2. The van der Waals surface area contributed by atoms with Crippen molar-refractivity contribution in [2.45, 2.75) is 31.1 Å². The van der Waals surface area contributed by atoms with Gasteiger partial charge in [-0.15, -0.1) is 0 Å². The van der Waals surface area contributed by atoms with Crippen molar-refractivity contribution in [1.29, 1.82) is 5.26 Å². The quantitative estimate of drug-likeness (QED) is 0.334. The summed E-state index contributed by atoms with van der Waals surface area (Å²) in [5.74, 6) is -1.34. The van der Waals surface area contributed by atoms with Crippen molar-refractivity contribution in [3.63, 3.8) is 0 Å². The van der Waals surface area contributed by atoms with Crippen LogP contribution < -0.4 is 10.2 Å². The van der Waals surface area contributed by atoms with Crippen LogP contribution in [-0.2, 0) is 17.5 Å². The van der Waals surface area contributed by atoms with Crippen LogP contribution in [0.5, 0.6) is 0 Å². The smallest absolute Gasteiger partial charge is 0.345 e. The van der Waals surface area contributed by atoms with Gasteiger partial charge in [0.1, 0.15) is 17.3 Å². The van der Waals surface area contributed by atoms with Gasteiger partial charge in [0.25, 0.3) is 11.8 Å². The largest absolute Gasteiger partial charge is 0.417 e. The molecule has 1 saturated carbocycles. The van der Waals surface area contributed by atoms with E-state index in [0.717, 1.165) is 11.8 Å². The zero-order valence-electron chi connectivity index (χ0n) is 19.6. The monoisotopic (exact) mass is 537 g/mol. The molecular formula is C27H19ClF3N5O2. The Morgan fingerprint density at radius 3 is 2.53 bits per heavy atom. The van der Waals surface area contributed by atoms with Crippen molar-refractivity contribution in [2.24, 2.45) is 0 Å². The molecule has 0 bridgehead atoms. The predicted octanol–water partition coefficient (Wildman–Crippen LogP) is 5.60. The predicted molar refractivity (Wildman–Crippen MR) is 134 cm³/mol. The van der Waals surface area contributed by atoms with E-state index in [4.69, 9.17) is 11.6 Å². The molecule has 2 aromatic heterocycles. The lowest BCUT2D eigenvalue weighted by Gasteiger charge is -2.28. The molecule has 0 saturated heterocycles. The summed E-state index contributed by atoms with van der Waals surface area (Å²) in [6.45, 7) is 0.0799. The molecule has 1 aliphatic rings. The SMILES string of the molecule is N#Cc1[nH]c2ccc(Cl)cc2c1N(Cc1ccccc1)C(=O)C1(NC(=O)c2cncc(C(F)(F)F)c2)CC1. The van der Waals surface area contributed by atoms with Gasteiger partial charge in [-0.05, 0) is 42.7 Å². The zero-order chi connectivity index (χ0) is 27.1. The molecule has 0 radical (unpaired) electrons. The van der Waals surface area contributed by atoms with E-state index in [2.05, 4.69) is 21.4 Å². The van der Waals surface area contributed by atoms with Crippen molar-refractivity contribution in [3.05, 3.63) is 94.4 Å². The number of H-pyrrole nitrogens is 1. The number of nitrogens with one attached hydrogen (secondary N) is 2. The fraction of sp³-hybridized carbons (Fsp3) is 0.185. The number of anilines is 1. The van der Waals surface area contributed by atoms with Gasteiger partial charge >= 0.3 is 6.18 Å². The summed E-state index contributed by atoms with van der Waals surface area (Å²) in [6.07, 6.45) is -2.47. The van der Waals surface area contributed by atoms with E-state index in [1.54, 1.807) is 18.2 Å². The molecule has 0 aliphatic heterocycles. The van der Waals surface area contributed by atoms with Gasteiger partial charge in [0.05, 0.1) is 23.4 Å². The van der Waals surface area contributed by atoms with Gasteiger partial charge in [-0.1, -0.05) is 41.9 Å². The van der Waals surface area contributed by atoms with Crippen LogP contribution in [0.2, 0.25) is 5.02 Å². The number of carbonyl (C=O) groups excluding carboxylic acids is 2. The number of rotatable bonds is 6. The van der Waals surface area contributed by atoms with Gasteiger partial charge in [-0.3, -0.25) is 14.6 Å². The van der Waals surface area contributed by atoms with E-state index in [0.29, 0.717) is 33.9 Å². The van der Waals surface area contributed by atoms with E-state index in [1.165, 1.54) is 4.90 Å². The van der Waals surface area contributed by atoms with Crippen molar-refractivity contribution in [2.75, 3.05) is 4.90 Å². The first kappa shape index (κ1) is 25.3. The Balaban J connectivity index is 1.53. The number of halogens is 4. The molecule has 1 fully saturated rings. The van der Waals surface area contributed by atoms with Gasteiger partial charge in [-0.2, -0.15) is 18.4 Å². The Morgan fingerprint density at radius 2 is 1.87 bits per heavy atom. The van der Waals surface area contributed by atoms with Gasteiger partial charge in [0.15, 0.2) is 0 Å². The minimum absolute atomic E-state index is 0.0799. The summed E-state index contributed by atoms with van der Waals surface area (Å²) in [5.41, 5.74) is -0.932. The zero-order valence-corrected chi connectivity index (χ0v) is 20.4. The minimum atomic E-state index is -4.67. The van der Waals surface area contributed by atoms with Crippen LogP contribution >= 0.6 is 11.6 Å². The lowest BCUT2D eigenvalue weighted by atomic mass is 10.1. The number of benzene rings is 2. The van der Waals surface area contributed by atoms with Crippen LogP contribution in [0.1, 0.15) is 40.0 Å². The van der Waals surface area contributed by atoms with Gasteiger partial charge < -0.3 is 15.2 Å². The highest BCUT2D eigenvalue weighted by molar-refractivity contribution is 6.31. The molecule has 2 N–H and O–H groups in total. The Bertz CT molecular complexity index is 1590. The second-order valence-corrected chi connectivity index (χ2v) is 9.46. The maximum atomic E-state index is 14.1. The third kappa shape index (κ3) is 4.80. The molecule has 11 heteroatoms. The molecule has 0 unspecified atom stereocenters. The normalized spacial score (nSPS) is 14.1. The number of amides is 2. The molecule has 38 heavy (non-hydrogen) atoms. The highest BCUT2D eigenvalue weighted by atomic mass is 35.5. The summed E-state index contributed by atoms with van der Waals surface area (Å²) in [4.78, 5) is 35.0. The van der Waals surface area contributed by atoms with Crippen molar-refractivity contribution < 1.29 is 22.8 Å². The standard InChI is InChI=1S/C27H19ClF3N5O2/c28-19-6-7-21-20(11-19)23(22(12-32)34-21)36(15-16-4-2-1-3-5-16)25(38)26(8-9-26)35-24(37)17-10-18(14-33-13-17)27(29,30)31/h1-7,10-11,13-14,34H,8-9,15H2,(H,35,37). The first-order chi connectivity index (χ1) is 18.1. The van der Waals surface area contributed by atoms with E-state index < -0.39 is 29.1 Å². The second-order valence-electron chi connectivity index (χ2n) is 9.02. The number of aromatic nitrogens is 2. The molecule has 192 valence electrons. The summed E-state index contributed by atoms with van der Waals surface area (Å²) in [5, 5.41) is 13.4. The van der Waals surface area contributed by atoms with Crippen LogP contribution in [0.15, 0.2) is 67.0 Å². The molecule has 7 nitrogen and oxygen atoms in total. The molecule has 2 heterocycles. The number of aromatic amines is 1. The molecule has 1 aliphatic carbocycles. The Morgan fingerprint density at radius 1 is 1.13 bits per heavy atom. The average molecular weight is 538 g/mol. The number of alkyl halides is 3. The van der Waals surface area contributed by atoms with Gasteiger partial charge in [-0.25, -0.2) is 0 Å². The molecule has 0 spiro atoms. The summed E-state index contributed by atoms with van der Waals surface area (Å²) >= 11 is 6.23. The number of hydrogen-bond acceptors (Lipinski definition) is 4. The van der Waals surface area contributed by atoms with E-state index in [9.17, 15) is 28.0 Å². The third-order valence-corrected chi connectivity index (χ3v) is 6.62. The number of nitriles is 1. The fourth-order valence-corrected chi connectivity index (χ4v) is 4.49. The van der Waals surface area contributed by atoms with Crippen LogP contribution in [0.3, 0.4) is 0 Å². The highest BCUT2D eigenvalue weighted by Gasteiger charge is 2.54. The lowest BCUT2D eigenvalue weighted by Crippen LogP contribution is -2.51. The first-order valence-corrected chi connectivity index (χ1v) is 11.9. The molecule has 5 rings (SSSR count). The lowest BCUT2D eigenvalue weighted by molar-refractivity contribution is -0.137. The number of nitrogens with zero attached hydrogens (tertiary/aromatic N) is 3. The Labute approximate surface area is 219 Å². The summed E-state index contributed by atoms with van der Waals surface area (Å²) in [7, 11) is 0. The average Bonchev–Trinajstić information content (AvgIpc) is 3.60. The van der Waals surface area contributed by atoms with Gasteiger partial charge in [0, 0.05) is 28.3 Å². The first-order valence-electron chi connectivity index (χ1n) is 11.5. The van der Waals surface area contributed by atoms with Crippen LogP contribution in [0, 0.1) is 11.3 Å². The summed E-state index contributed by atoms with van der Waals surface area (Å²) < 4.78 is 39.4.